The lowest BCUT2D eigenvalue weighted by atomic mass is 10.0. The van der Waals surface area contributed by atoms with E-state index >= 15 is 0 Å². The van der Waals surface area contributed by atoms with Gasteiger partial charge in [-0.05, 0) is 42.8 Å². The Balaban J connectivity index is 1.58. The van der Waals surface area contributed by atoms with E-state index in [2.05, 4.69) is 15.5 Å². The molecule has 0 aliphatic heterocycles. The van der Waals surface area contributed by atoms with Crippen molar-refractivity contribution in [3.63, 3.8) is 0 Å². The van der Waals surface area contributed by atoms with Crippen LogP contribution < -0.4 is 10.1 Å². The van der Waals surface area contributed by atoms with Gasteiger partial charge in [0, 0.05) is 22.7 Å². The first-order valence-electron chi connectivity index (χ1n) is 11.1. The number of rotatable bonds is 6. The number of fused-ring (bicyclic) bond motifs is 1. The number of aromatic amines is 1. The molecule has 0 fully saturated rings. The molecule has 0 spiro atoms. The molecule has 7 heteroatoms. The Hall–Kier alpha value is -4.16. The predicted molar refractivity (Wildman–Crippen MR) is 139 cm³/mol. The molecule has 0 aliphatic rings. The van der Waals surface area contributed by atoms with Crippen molar-refractivity contribution >= 4 is 28.5 Å². The smallest absolute Gasteiger partial charge is 0.252 e. The van der Waals surface area contributed by atoms with Gasteiger partial charge in [0.05, 0.1) is 29.4 Å². The average Bonchev–Trinajstić information content (AvgIpc) is 3.32. The number of nitrogens with one attached hydrogen (secondary N) is 2. The molecule has 2 heterocycles. The first-order chi connectivity index (χ1) is 17.0. The van der Waals surface area contributed by atoms with Crippen LogP contribution >= 0.6 is 11.6 Å². The minimum atomic E-state index is -0.217. The third-order valence-corrected chi connectivity index (χ3v) is 6.09. The molecule has 2 aromatic heterocycles. The van der Waals surface area contributed by atoms with Crippen molar-refractivity contribution in [2.24, 2.45) is 0 Å². The van der Waals surface area contributed by atoms with Crippen molar-refractivity contribution in [2.75, 3.05) is 7.11 Å². The average molecular weight is 483 g/mol. The quantitative estimate of drug-likeness (QED) is 0.302. The van der Waals surface area contributed by atoms with Crippen LogP contribution in [-0.2, 0) is 6.54 Å². The Morgan fingerprint density at radius 2 is 1.74 bits per heavy atom. The lowest BCUT2D eigenvalue weighted by molar-refractivity contribution is 0.0952. The van der Waals surface area contributed by atoms with Crippen LogP contribution in [0.25, 0.3) is 33.5 Å². The number of nitrogens with zero attached hydrogens (tertiary/aromatic N) is 2. The number of methoxy groups -OCH3 is 1. The molecule has 0 aliphatic carbocycles. The Labute approximate surface area is 207 Å². The highest BCUT2D eigenvalue weighted by Crippen LogP contribution is 2.32. The van der Waals surface area contributed by atoms with Crippen LogP contribution in [0.2, 0.25) is 5.02 Å². The molecule has 0 bridgehead atoms. The summed E-state index contributed by atoms with van der Waals surface area (Å²) in [5.74, 6) is 0.523. The minimum absolute atomic E-state index is 0.217. The summed E-state index contributed by atoms with van der Waals surface area (Å²) in [7, 11) is 1.62. The molecule has 0 unspecified atom stereocenters. The number of hydrogen-bond acceptors (Lipinski definition) is 4. The van der Waals surface area contributed by atoms with Crippen LogP contribution in [0.15, 0.2) is 78.9 Å². The normalized spacial score (nSPS) is 10.9. The maximum Gasteiger partial charge on any atom is 0.252 e. The second kappa shape index (κ2) is 9.60. The molecule has 174 valence electrons. The molecule has 0 saturated carbocycles. The third kappa shape index (κ3) is 4.74. The number of carbonyl (C=O) groups excluding carboxylic acids is 1. The Kier molecular flexibility index (Phi) is 6.21. The van der Waals surface area contributed by atoms with Gasteiger partial charge in [-0.15, -0.1) is 0 Å². The Morgan fingerprint density at radius 1 is 1.00 bits per heavy atom. The fraction of sp³-hybridized carbons (Fsp3) is 0.107. The standard InChI is InChI=1S/C28H23ClN4O2/c1-17-6-8-19(9-7-17)24-15-23(28(34)30-16-18-4-3-5-22(14-18)35-2)25-26(32-33-27(25)31-24)20-10-12-21(29)13-11-20/h3-15H,16H2,1-2H3,(H,30,34)(H,31,32,33). The van der Waals surface area contributed by atoms with Gasteiger partial charge in [-0.3, -0.25) is 9.89 Å². The molecule has 2 N–H and O–H groups in total. The molecule has 6 nitrogen and oxygen atoms in total. The van der Waals surface area contributed by atoms with Crippen molar-refractivity contribution in [2.45, 2.75) is 13.5 Å². The number of ether oxygens (including phenoxy) is 1. The molecule has 0 radical (unpaired) electrons. The van der Waals surface area contributed by atoms with Gasteiger partial charge in [0.1, 0.15) is 5.75 Å². The number of halogens is 1. The van der Waals surface area contributed by atoms with Gasteiger partial charge >= 0.3 is 0 Å². The van der Waals surface area contributed by atoms with Gasteiger partial charge in [-0.1, -0.05) is 65.7 Å². The number of hydrogen-bond donors (Lipinski definition) is 2. The summed E-state index contributed by atoms with van der Waals surface area (Å²) >= 11 is 6.08. The van der Waals surface area contributed by atoms with Crippen LogP contribution in [-0.4, -0.2) is 28.2 Å². The Bertz CT molecular complexity index is 1510. The van der Waals surface area contributed by atoms with E-state index in [4.69, 9.17) is 21.3 Å². The Morgan fingerprint density at radius 3 is 2.49 bits per heavy atom. The second-order valence-electron chi connectivity index (χ2n) is 8.26. The number of pyridine rings is 1. The van der Waals surface area contributed by atoms with Crippen molar-refractivity contribution in [1.29, 1.82) is 0 Å². The number of aryl methyl sites for hydroxylation is 1. The summed E-state index contributed by atoms with van der Waals surface area (Å²) in [4.78, 5) is 18.3. The topological polar surface area (TPSA) is 79.9 Å². The lowest BCUT2D eigenvalue weighted by Gasteiger charge is -2.11. The first kappa shape index (κ1) is 22.6. The summed E-state index contributed by atoms with van der Waals surface area (Å²) in [5.41, 5.74) is 6.22. The number of benzene rings is 3. The van der Waals surface area contributed by atoms with E-state index in [0.29, 0.717) is 39.6 Å². The molecular weight excluding hydrogens is 460 g/mol. The van der Waals surface area contributed by atoms with E-state index in [9.17, 15) is 4.79 Å². The first-order valence-corrected chi connectivity index (χ1v) is 11.5. The SMILES string of the molecule is COc1cccc(CNC(=O)c2cc(-c3ccc(C)cc3)nc3n[nH]c(-c4ccc(Cl)cc4)c23)c1. The molecular formula is C28H23ClN4O2. The van der Waals surface area contributed by atoms with E-state index in [1.165, 1.54) is 0 Å². The fourth-order valence-electron chi connectivity index (χ4n) is 3.96. The fourth-order valence-corrected chi connectivity index (χ4v) is 4.09. The van der Waals surface area contributed by atoms with Gasteiger partial charge in [0.2, 0.25) is 0 Å². The maximum atomic E-state index is 13.5. The van der Waals surface area contributed by atoms with E-state index in [1.54, 1.807) is 19.2 Å². The number of aromatic nitrogens is 3. The van der Waals surface area contributed by atoms with Crippen LogP contribution in [0.1, 0.15) is 21.5 Å². The largest absolute Gasteiger partial charge is 0.497 e. The minimum Gasteiger partial charge on any atom is -0.497 e. The van der Waals surface area contributed by atoms with Gasteiger partial charge in [0.15, 0.2) is 5.65 Å². The van der Waals surface area contributed by atoms with E-state index in [-0.39, 0.29) is 5.91 Å². The van der Waals surface area contributed by atoms with Crippen LogP contribution in [0, 0.1) is 6.92 Å². The summed E-state index contributed by atoms with van der Waals surface area (Å²) in [6, 6.07) is 24.9. The molecule has 35 heavy (non-hydrogen) atoms. The number of carbonyl (C=O) groups is 1. The van der Waals surface area contributed by atoms with Crippen LogP contribution in [0.5, 0.6) is 5.75 Å². The maximum absolute atomic E-state index is 13.5. The molecule has 3 aromatic carbocycles. The third-order valence-electron chi connectivity index (χ3n) is 5.84. The van der Waals surface area contributed by atoms with Crippen molar-refractivity contribution in [3.8, 4) is 28.3 Å². The molecule has 0 atom stereocenters. The molecule has 1 amide bonds. The summed E-state index contributed by atoms with van der Waals surface area (Å²) in [6.07, 6.45) is 0. The highest BCUT2D eigenvalue weighted by molar-refractivity contribution is 6.30. The predicted octanol–water partition coefficient (Wildman–Crippen LogP) is 6.19. The van der Waals surface area contributed by atoms with Crippen molar-refractivity contribution in [1.82, 2.24) is 20.5 Å². The highest BCUT2D eigenvalue weighted by atomic mass is 35.5. The van der Waals surface area contributed by atoms with E-state index in [1.807, 2.05) is 73.7 Å². The summed E-state index contributed by atoms with van der Waals surface area (Å²) < 4.78 is 5.30. The van der Waals surface area contributed by atoms with Crippen molar-refractivity contribution in [3.05, 3.63) is 101 Å². The van der Waals surface area contributed by atoms with Gasteiger partial charge in [0.25, 0.3) is 5.91 Å². The van der Waals surface area contributed by atoms with E-state index < -0.39 is 0 Å². The monoisotopic (exact) mass is 482 g/mol. The van der Waals surface area contributed by atoms with Crippen LogP contribution in [0.4, 0.5) is 0 Å². The molecule has 5 rings (SSSR count). The van der Waals surface area contributed by atoms with Gasteiger partial charge < -0.3 is 10.1 Å². The van der Waals surface area contributed by atoms with Crippen LogP contribution in [0.3, 0.4) is 0 Å². The highest BCUT2D eigenvalue weighted by Gasteiger charge is 2.20. The summed E-state index contributed by atoms with van der Waals surface area (Å²) in [6.45, 7) is 2.39. The zero-order valence-corrected chi connectivity index (χ0v) is 20.1. The number of H-pyrrole nitrogens is 1. The lowest BCUT2D eigenvalue weighted by Crippen LogP contribution is -2.23. The van der Waals surface area contributed by atoms with Gasteiger partial charge in [-0.25, -0.2) is 4.98 Å². The van der Waals surface area contributed by atoms with Crippen molar-refractivity contribution < 1.29 is 9.53 Å². The van der Waals surface area contributed by atoms with E-state index in [0.717, 1.165) is 28.0 Å². The zero-order chi connectivity index (χ0) is 24.4. The zero-order valence-electron chi connectivity index (χ0n) is 19.3. The number of amides is 1. The van der Waals surface area contributed by atoms with Gasteiger partial charge in [-0.2, -0.15) is 5.10 Å². The molecule has 0 saturated heterocycles. The second-order valence-corrected chi connectivity index (χ2v) is 8.70. The summed E-state index contributed by atoms with van der Waals surface area (Å²) in [5, 5.41) is 11.8. The molecule has 5 aromatic rings.